The molecule has 3 heteroatoms. The minimum absolute atomic E-state index is 0.0245. The Morgan fingerprint density at radius 3 is 2.77 bits per heavy atom. The van der Waals surface area contributed by atoms with Gasteiger partial charge in [-0.2, -0.15) is 0 Å². The van der Waals surface area contributed by atoms with Crippen molar-refractivity contribution in [2.75, 3.05) is 6.61 Å². The van der Waals surface area contributed by atoms with E-state index in [2.05, 4.69) is 0 Å². The van der Waals surface area contributed by atoms with Gasteiger partial charge in [0.1, 0.15) is 5.82 Å². The summed E-state index contributed by atoms with van der Waals surface area (Å²) in [5, 5.41) is 8.65. The third-order valence-electron chi connectivity index (χ3n) is 2.06. The van der Waals surface area contributed by atoms with E-state index in [-0.39, 0.29) is 18.5 Å². The Bertz CT molecular complexity index is 288. The summed E-state index contributed by atoms with van der Waals surface area (Å²) >= 11 is 0. The lowest BCUT2D eigenvalue weighted by atomic mass is 10.0. The smallest absolute Gasteiger partial charge is 0.126 e. The van der Waals surface area contributed by atoms with Gasteiger partial charge < -0.3 is 10.8 Å². The first-order valence-corrected chi connectivity index (χ1v) is 4.27. The van der Waals surface area contributed by atoms with E-state index >= 15 is 0 Å². The zero-order chi connectivity index (χ0) is 9.84. The molecule has 0 aromatic heterocycles. The van der Waals surface area contributed by atoms with Crippen LogP contribution in [-0.4, -0.2) is 11.7 Å². The maximum atomic E-state index is 13.1. The molecule has 0 aliphatic rings. The molecular formula is C10H14FNO. The molecule has 0 saturated carbocycles. The van der Waals surface area contributed by atoms with Crippen LogP contribution in [-0.2, 0) is 0 Å². The molecule has 1 aromatic rings. The number of hydrogen-bond acceptors (Lipinski definition) is 2. The van der Waals surface area contributed by atoms with Crippen molar-refractivity contribution in [2.45, 2.75) is 19.4 Å². The van der Waals surface area contributed by atoms with Gasteiger partial charge >= 0.3 is 0 Å². The molecule has 0 heterocycles. The predicted octanol–water partition coefficient (Wildman–Crippen LogP) is 1.52. The van der Waals surface area contributed by atoms with Gasteiger partial charge in [0.25, 0.3) is 0 Å². The molecule has 1 atom stereocenters. The zero-order valence-corrected chi connectivity index (χ0v) is 7.63. The first-order chi connectivity index (χ1) is 6.15. The standard InChI is InChI=1S/C10H14FNO/c1-7-2-3-8(6-9(7)11)10(12)4-5-13/h2-3,6,10,13H,4-5,12H2,1H3/t10-/m0/s1. The Labute approximate surface area is 77.2 Å². The normalized spacial score (nSPS) is 12.9. The average Bonchev–Trinajstić information content (AvgIpc) is 2.10. The Morgan fingerprint density at radius 1 is 1.54 bits per heavy atom. The SMILES string of the molecule is Cc1ccc([C@@H](N)CCO)cc1F. The van der Waals surface area contributed by atoms with E-state index < -0.39 is 0 Å². The van der Waals surface area contributed by atoms with Crippen LogP contribution in [0.3, 0.4) is 0 Å². The van der Waals surface area contributed by atoms with Crippen molar-refractivity contribution in [1.82, 2.24) is 0 Å². The van der Waals surface area contributed by atoms with E-state index in [4.69, 9.17) is 10.8 Å². The van der Waals surface area contributed by atoms with E-state index in [1.165, 1.54) is 6.07 Å². The number of nitrogens with two attached hydrogens (primary N) is 1. The van der Waals surface area contributed by atoms with Crippen molar-refractivity contribution in [2.24, 2.45) is 5.73 Å². The molecule has 0 aliphatic carbocycles. The van der Waals surface area contributed by atoms with Crippen molar-refractivity contribution in [3.05, 3.63) is 35.1 Å². The molecule has 0 aliphatic heterocycles. The molecule has 0 radical (unpaired) electrons. The van der Waals surface area contributed by atoms with Crippen LogP contribution in [0.1, 0.15) is 23.6 Å². The molecular weight excluding hydrogens is 169 g/mol. The average molecular weight is 183 g/mol. The molecule has 13 heavy (non-hydrogen) atoms. The molecule has 2 nitrogen and oxygen atoms in total. The molecule has 0 bridgehead atoms. The Kier molecular flexibility index (Phi) is 3.39. The summed E-state index contributed by atoms with van der Waals surface area (Å²) in [7, 11) is 0. The second-order valence-electron chi connectivity index (χ2n) is 3.13. The number of aliphatic hydroxyl groups is 1. The third-order valence-corrected chi connectivity index (χ3v) is 2.06. The number of aliphatic hydroxyl groups excluding tert-OH is 1. The quantitative estimate of drug-likeness (QED) is 0.746. The molecule has 1 rings (SSSR count). The van der Waals surface area contributed by atoms with Crippen molar-refractivity contribution >= 4 is 0 Å². The molecule has 0 unspecified atom stereocenters. The van der Waals surface area contributed by atoms with Crippen molar-refractivity contribution in [1.29, 1.82) is 0 Å². The van der Waals surface area contributed by atoms with Gasteiger partial charge in [-0.05, 0) is 30.5 Å². The topological polar surface area (TPSA) is 46.2 Å². The molecule has 72 valence electrons. The maximum Gasteiger partial charge on any atom is 0.126 e. The van der Waals surface area contributed by atoms with Gasteiger partial charge in [-0.15, -0.1) is 0 Å². The van der Waals surface area contributed by atoms with Gasteiger partial charge in [0, 0.05) is 12.6 Å². The van der Waals surface area contributed by atoms with Gasteiger partial charge in [-0.25, -0.2) is 4.39 Å². The molecule has 0 spiro atoms. The highest BCUT2D eigenvalue weighted by molar-refractivity contribution is 5.25. The van der Waals surface area contributed by atoms with Gasteiger partial charge in [0.15, 0.2) is 0 Å². The molecule has 0 amide bonds. The highest BCUT2D eigenvalue weighted by Crippen LogP contribution is 2.16. The minimum atomic E-state index is -0.278. The van der Waals surface area contributed by atoms with E-state index in [1.807, 2.05) is 0 Å². The van der Waals surface area contributed by atoms with Gasteiger partial charge in [0.05, 0.1) is 0 Å². The molecule has 0 saturated heterocycles. The Morgan fingerprint density at radius 2 is 2.23 bits per heavy atom. The zero-order valence-electron chi connectivity index (χ0n) is 7.63. The van der Waals surface area contributed by atoms with Crippen LogP contribution in [0.15, 0.2) is 18.2 Å². The largest absolute Gasteiger partial charge is 0.396 e. The van der Waals surface area contributed by atoms with Crippen LogP contribution in [0.2, 0.25) is 0 Å². The number of halogens is 1. The van der Waals surface area contributed by atoms with Crippen LogP contribution < -0.4 is 5.73 Å². The van der Waals surface area contributed by atoms with Crippen molar-refractivity contribution in [3.8, 4) is 0 Å². The molecule has 0 fully saturated rings. The Balaban J connectivity index is 2.84. The predicted molar refractivity (Wildman–Crippen MR) is 49.8 cm³/mol. The van der Waals surface area contributed by atoms with E-state index in [0.29, 0.717) is 12.0 Å². The number of rotatable bonds is 3. The summed E-state index contributed by atoms with van der Waals surface area (Å²) in [4.78, 5) is 0. The van der Waals surface area contributed by atoms with Crippen LogP contribution in [0, 0.1) is 12.7 Å². The first kappa shape index (κ1) is 10.2. The van der Waals surface area contributed by atoms with Gasteiger partial charge in [-0.1, -0.05) is 12.1 Å². The number of hydrogen-bond donors (Lipinski definition) is 2. The lowest BCUT2D eigenvalue weighted by Gasteiger charge is -2.10. The summed E-state index contributed by atoms with van der Waals surface area (Å²) in [5.74, 6) is -0.245. The lowest BCUT2D eigenvalue weighted by molar-refractivity contribution is 0.276. The summed E-state index contributed by atoms with van der Waals surface area (Å²) in [6.45, 7) is 1.73. The maximum absolute atomic E-state index is 13.1. The summed E-state index contributed by atoms with van der Waals surface area (Å²) in [5.41, 5.74) is 7.04. The molecule has 3 N–H and O–H groups in total. The van der Waals surface area contributed by atoms with Crippen LogP contribution in [0.5, 0.6) is 0 Å². The van der Waals surface area contributed by atoms with Crippen LogP contribution >= 0.6 is 0 Å². The first-order valence-electron chi connectivity index (χ1n) is 4.27. The van der Waals surface area contributed by atoms with Crippen LogP contribution in [0.25, 0.3) is 0 Å². The van der Waals surface area contributed by atoms with Crippen molar-refractivity contribution < 1.29 is 9.50 Å². The molecule has 1 aromatic carbocycles. The number of aryl methyl sites for hydroxylation is 1. The summed E-state index contributed by atoms with van der Waals surface area (Å²) in [6, 6.07) is 4.64. The van der Waals surface area contributed by atoms with E-state index in [9.17, 15) is 4.39 Å². The second-order valence-corrected chi connectivity index (χ2v) is 3.13. The highest BCUT2D eigenvalue weighted by atomic mass is 19.1. The summed E-state index contributed by atoms with van der Waals surface area (Å²) in [6.07, 6.45) is 0.461. The fraction of sp³-hybridized carbons (Fsp3) is 0.400. The second kappa shape index (κ2) is 4.35. The fourth-order valence-corrected chi connectivity index (χ4v) is 1.15. The van der Waals surface area contributed by atoms with Crippen LogP contribution in [0.4, 0.5) is 4.39 Å². The minimum Gasteiger partial charge on any atom is -0.396 e. The monoisotopic (exact) mass is 183 g/mol. The Hall–Kier alpha value is -0.930. The van der Waals surface area contributed by atoms with Crippen molar-refractivity contribution in [3.63, 3.8) is 0 Å². The van der Waals surface area contributed by atoms with E-state index in [0.717, 1.165) is 5.56 Å². The lowest BCUT2D eigenvalue weighted by Crippen LogP contribution is -2.12. The highest BCUT2D eigenvalue weighted by Gasteiger charge is 2.06. The third kappa shape index (κ3) is 2.50. The summed E-state index contributed by atoms with van der Waals surface area (Å²) < 4.78 is 13.1. The van der Waals surface area contributed by atoms with Gasteiger partial charge in [0.2, 0.25) is 0 Å². The number of benzene rings is 1. The van der Waals surface area contributed by atoms with E-state index in [1.54, 1.807) is 19.1 Å². The fourth-order valence-electron chi connectivity index (χ4n) is 1.15. The van der Waals surface area contributed by atoms with Gasteiger partial charge in [-0.3, -0.25) is 0 Å².